The van der Waals surface area contributed by atoms with Crippen LogP contribution in [0, 0.1) is 0 Å². The first-order chi connectivity index (χ1) is 7.27. The van der Waals surface area contributed by atoms with Crippen LogP contribution in [-0.4, -0.2) is 20.0 Å². The van der Waals surface area contributed by atoms with Gasteiger partial charge >= 0.3 is 12.3 Å². The van der Waals surface area contributed by atoms with E-state index in [-0.39, 0.29) is 0 Å². The van der Waals surface area contributed by atoms with E-state index in [0.29, 0.717) is 5.75 Å². The Kier molecular flexibility index (Phi) is 5.71. The van der Waals surface area contributed by atoms with Gasteiger partial charge in [-0.3, -0.25) is 0 Å². The molecule has 0 aliphatic carbocycles. The maximum atomic E-state index is 5.90. The van der Waals surface area contributed by atoms with Crippen LogP contribution in [0.4, 0.5) is 0 Å². The third-order valence-electron chi connectivity index (χ3n) is 1.65. The van der Waals surface area contributed by atoms with Crippen molar-refractivity contribution in [2.45, 2.75) is 7.71 Å². The molecule has 0 aliphatic rings. The molecule has 0 fully saturated rings. The van der Waals surface area contributed by atoms with Gasteiger partial charge in [-0.05, 0) is 12.1 Å². The molecular formula is C8H5AlCl6O. The molecule has 16 heavy (non-hydrogen) atoms. The van der Waals surface area contributed by atoms with E-state index in [1.807, 2.05) is 6.07 Å². The van der Waals surface area contributed by atoms with Gasteiger partial charge in [0.05, 0.1) is 0 Å². The van der Waals surface area contributed by atoms with Crippen LogP contribution >= 0.6 is 66.5 Å². The summed E-state index contributed by atoms with van der Waals surface area (Å²) < 4.78 is 1.63. The Bertz CT molecular complexity index is 342. The minimum absolute atomic E-state index is 0.418. The summed E-state index contributed by atoms with van der Waals surface area (Å²) in [6.45, 7) is 0. The molecule has 0 N–H and O–H groups in total. The SMILES string of the molecule is [Cl][Al]([Cl])[C](Cl)(Cl)C(Cl)(Cl)Oc1ccccc1. The Labute approximate surface area is 126 Å². The lowest BCUT2D eigenvalue weighted by Crippen LogP contribution is -2.48. The van der Waals surface area contributed by atoms with Crippen molar-refractivity contribution in [1.82, 2.24) is 0 Å². The first-order valence-electron chi connectivity index (χ1n) is 4.05. The zero-order valence-corrected chi connectivity index (χ0v) is 13.3. The summed E-state index contributed by atoms with van der Waals surface area (Å²) in [7, 11) is 11.4. The molecule has 88 valence electrons. The summed E-state index contributed by atoms with van der Waals surface area (Å²) in [6.07, 6.45) is 0. The van der Waals surface area contributed by atoms with E-state index >= 15 is 0 Å². The second-order valence-corrected chi connectivity index (χ2v) is 11.0. The Balaban J connectivity index is 2.87. The number of hydrogen-bond donors (Lipinski definition) is 0. The molecule has 0 saturated heterocycles. The number of benzene rings is 1. The average Bonchev–Trinajstić information content (AvgIpc) is 2.18. The molecule has 8 heteroatoms. The van der Waals surface area contributed by atoms with Gasteiger partial charge in [-0.1, -0.05) is 41.4 Å². The molecule has 1 nitrogen and oxygen atoms in total. The molecule has 0 amide bonds. The topological polar surface area (TPSA) is 9.23 Å². The van der Waals surface area contributed by atoms with E-state index in [2.05, 4.69) is 0 Å². The highest BCUT2D eigenvalue weighted by Crippen LogP contribution is 2.47. The molecule has 0 bridgehead atoms. The highest BCUT2D eigenvalue weighted by Gasteiger charge is 2.58. The molecule has 0 radical (unpaired) electrons. The van der Waals surface area contributed by atoms with Gasteiger partial charge in [-0.15, -0.1) is 23.2 Å². The molecule has 0 aromatic heterocycles. The van der Waals surface area contributed by atoms with Crippen LogP contribution < -0.4 is 4.74 Å². The number of para-hydroxylation sites is 1. The number of alkyl halides is 4. The van der Waals surface area contributed by atoms with Gasteiger partial charge < -0.3 is 4.74 Å². The minimum Gasteiger partial charge on any atom is -0.456 e. The lowest BCUT2D eigenvalue weighted by Gasteiger charge is -2.32. The first-order valence-corrected chi connectivity index (χ1v) is 9.63. The highest BCUT2D eigenvalue weighted by molar-refractivity contribution is 7.39. The van der Waals surface area contributed by atoms with Crippen LogP contribution in [0.5, 0.6) is 5.75 Å². The third kappa shape index (κ3) is 3.64. The van der Waals surface area contributed by atoms with E-state index in [0.717, 1.165) is 0 Å². The molecule has 0 unspecified atom stereocenters. The van der Waals surface area contributed by atoms with Crippen LogP contribution in [0.1, 0.15) is 0 Å². The van der Waals surface area contributed by atoms with Crippen LogP contribution in [0.25, 0.3) is 0 Å². The Morgan fingerprint density at radius 2 is 1.44 bits per heavy atom. The second-order valence-electron chi connectivity index (χ2n) is 2.86. The van der Waals surface area contributed by atoms with E-state index in [1.54, 1.807) is 24.3 Å². The predicted molar refractivity (Wildman–Crippen MR) is 73.4 cm³/mol. The minimum atomic E-state index is -2.56. The highest BCUT2D eigenvalue weighted by atomic mass is 35.7. The largest absolute Gasteiger partial charge is 0.568 e. The molecular weight excluding hydrogens is 352 g/mol. The summed E-state index contributed by atoms with van der Waals surface area (Å²) in [5.74, 6) is 0.418. The number of hydrogen-bond acceptors (Lipinski definition) is 1. The van der Waals surface area contributed by atoms with E-state index < -0.39 is 20.0 Å². The van der Waals surface area contributed by atoms with Crippen LogP contribution in [0.3, 0.4) is 0 Å². The second kappa shape index (κ2) is 5.96. The smallest absolute Gasteiger partial charge is 0.456 e. The lowest BCUT2D eigenvalue weighted by atomic mass is 10.3. The van der Waals surface area contributed by atoms with E-state index in [9.17, 15) is 0 Å². The lowest BCUT2D eigenvalue weighted by molar-refractivity contribution is 0.245. The first kappa shape index (κ1) is 15.4. The fraction of sp³-hybridized carbons (Fsp3) is 0.250. The van der Waals surface area contributed by atoms with Crippen molar-refractivity contribution in [1.29, 1.82) is 0 Å². The van der Waals surface area contributed by atoms with E-state index in [1.165, 1.54) is 0 Å². The molecule has 0 spiro atoms. The van der Waals surface area contributed by atoms with E-state index in [4.69, 9.17) is 71.2 Å². The van der Waals surface area contributed by atoms with Gasteiger partial charge in [0.25, 0.3) is 4.52 Å². The number of ether oxygens (including phenoxy) is 1. The van der Waals surface area contributed by atoms with Gasteiger partial charge in [-0.25, -0.2) is 20.1 Å². The maximum Gasteiger partial charge on any atom is 0.568 e. The van der Waals surface area contributed by atoms with Gasteiger partial charge in [-0.2, -0.15) is 0 Å². The Morgan fingerprint density at radius 1 is 0.938 bits per heavy atom. The zero-order valence-electron chi connectivity index (χ0n) is 7.64. The normalized spacial score (nSPS) is 12.4. The Hall–Kier alpha value is 1.29. The van der Waals surface area contributed by atoms with Gasteiger partial charge in [0.1, 0.15) is 5.75 Å². The molecule has 1 aromatic carbocycles. The fourth-order valence-corrected chi connectivity index (χ4v) is 3.65. The van der Waals surface area contributed by atoms with Crippen molar-refractivity contribution in [3.05, 3.63) is 30.3 Å². The molecule has 0 heterocycles. The van der Waals surface area contributed by atoms with Crippen LogP contribution in [0.2, 0.25) is 0 Å². The summed E-state index contributed by atoms with van der Waals surface area (Å²) in [5.41, 5.74) is 0. The monoisotopic (exact) mass is 354 g/mol. The predicted octanol–water partition coefficient (Wildman–Crippen LogP) is 4.88. The summed E-state index contributed by atoms with van der Waals surface area (Å²) in [4.78, 5) is 0. The van der Waals surface area contributed by atoms with Crippen molar-refractivity contribution >= 4 is 78.8 Å². The quantitative estimate of drug-likeness (QED) is 0.552. The van der Waals surface area contributed by atoms with Crippen molar-refractivity contribution in [3.63, 3.8) is 0 Å². The van der Waals surface area contributed by atoms with Gasteiger partial charge in [0, 0.05) is 0 Å². The van der Waals surface area contributed by atoms with Crippen molar-refractivity contribution in [3.8, 4) is 5.75 Å². The van der Waals surface area contributed by atoms with Crippen molar-refractivity contribution in [2.24, 2.45) is 0 Å². The van der Waals surface area contributed by atoms with Crippen molar-refractivity contribution < 1.29 is 4.74 Å². The molecule has 0 aliphatic heterocycles. The summed E-state index contributed by atoms with van der Waals surface area (Å²) >= 11 is 21.0. The molecule has 1 aromatic rings. The molecule has 1 rings (SSSR count). The molecule has 0 atom stereocenters. The summed E-state index contributed by atoms with van der Waals surface area (Å²) in [6, 6.07) is 8.62. The fourth-order valence-electron chi connectivity index (χ4n) is 0.832. The molecule has 0 saturated carbocycles. The maximum absolute atomic E-state index is 5.90. The van der Waals surface area contributed by atoms with Crippen LogP contribution in [-0.2, 0) is 0 Å². The zero-order chi connectivity index (χ0) is 12.4. The number of rotatable bonds is 4. The summed E-state index contributed by atoms with van der Waals surface area (Å²) in [5, 5.41) is 0. The van der Waals surface area contributed by atoms with Gasteiger partial charge in [0.15, 0.2) is 3.20 Å². The Morgan fingerprint density at radius 3 is 1.88 bits per heavy atom. The average molecular weight is 357 g/mol. The van der Waals surface area contributed by atoms with Gasteiger partial charge in [0.2, 0.25) is 0 Å². The number of halogens is 6. The third-order valence-corrected chi connectivity index (χ3v) is 9.26. The standard InChI is InChI=1S/C8H5Cl4O.Al.2ClH/c9-7(10)8(11,12)13-6-4-2-1-3-5-6;;;/h1-5H;;2*1H/q;+2;;/p-2. The van der Waals surface area contributed by atoms with Crippen molar-refractivity contribution in [2.75, 3.05) is 0 Å². The van der Waals surface area contributed by atoms with Crippen LogP contribution in [0.15, 0.2) is 30.3 Å².